The van der Waals surface area contributed by atoms with Gasteiger partial charge in [-0.25, -0.2) is 12.7 Å². The van der Waals surface area contributed by atoms with Crippen LogP contribution in [-0.2, 0) is 14.8 Å². The zero-order valence-electron chi connectivity index (χ0n) is 14.1. The van der Waals surface area contributed by atoms with Crippen molar-refractivity contribution in [2.45, 2.75) is 4.90 Å². The van der Waals surface area contributed by atoms with Crippen molar-refractivity contribution in [1.82, 2.24) is 14.5 Å². The van der Waals surface area contributed by atoms with Gasteiger partial charge in [-0.15, -0.1) is 0 Å². The van der Waals surface area contributed by atoms with E-state index in [-0.39, 0.29) is 10.8 Å². The summed E-state index contributed by atoms with van der Waals surface area (Å²) in [5.74, 6) is -0.223. The number of benzene rings is 1. The van der Waals surface area contributed by atoms with Crippen LogP contribution in [0.5, 0.6) is 0 Å². The smallest absolute Gasteiger partial charge is 0.251 e. The van der Waals surface area contributed by atoms with Gasteiger partial charge in [-0.1, -0.05) is 0 Å². The Balaban J connectivity index is 2.55. The van der Waals surface area contributed by atoms with E-state index in [2.05, 4.69) is 10.2 Å². The number of hydrogen-bond donors (Lipinski definition) is 1. The molecule has 0 fully saturated rings. The summed E-state index contributed by atoms with van der Waals surface area (Å²) in [6.45, 7) is 2.66. The lowest BCUT2D eigenvalue weighted by Crippen LogP contribution is -2.34. The van der Waals surface area contributed by atoms with E-state index in [0.29, 0.717) is 25.3 Å². The number of ether oxygens (including phenoxy) is 1. The molecule has 0 saturated heterocycles. The van der Waals surface area contributed by atoms with Crippen LogP contribution in [0, 0.1) is 0 Å². The van der Waals surface area contributed by atoms with E-state index >= 15 is 0 Å². The summed E-state index contributed by atoms with van der Waals surface area (Å²) >= 11 is 0. The third kappa shape index (κ3) is 5.91. The summed E-state index contributed by atoms with van der Waals surface area (Å²) in [6.07, 6.45) is 0. The number of amides is 1. The Labute approximate surface area is 138 Å². The molecule has 0 aliphatic rings. The molecule has 0 aromatic heterocycles. The molecule has 0 bridgehead atoms. The van der Waals surface area contributed by atoms with Crippen LogP contribution < -0.4 is 5.32 Å². The minimum absolute atomic E-state index is 0.165. The van der Waals surface area contributed by atoms with Crippen LogP contribution in [0.25, 0.3) is 0 Å². The van der Waals surface area contributed by atoms with Crippen molar-refractivity contribution in [3.8, 4) is 0 Å². The van der Waals surface area contributed by atoms with Gasteiger partial charge in [0, 0.05) is 46.4 Å². The van der Waals surface area contributed by atoms with Gasteiger partial charge >= 0.3 is 0 Å². The van der Waals surface area contributed by atoms with Crippen LogP contribution >= 0.6 is 0 Å². The first-order chi connectivity index (χ1) is 10.8. The predicted octanol–water partition coefficient (Wildman–Crippen LogP) is 0.245. The second-order valence-electron chi connectivity index (χ2n) is 5.36. The number of nitrogens with one attached hydrogen (secondary N) is 1. The van der Waals surface area contributed by atoms with Crippen LogP contribution in [0.1, 0.15) is 10.4 Å². The van der Waals surface area contributed by atoms with Gasteiger partial charge in [0.1, 0.15) is 0 Å². The zero-order valence-corrected chi connectivity index (χ0v) is 14.9. The Bertz CT molecular complexity index is 600. The number of carbonyl (C=O) groups excluding carboxylic acids is 1. The third-order valence-electron chi connectivity index (χ3n) is 3.35. The van der Waals surface area contributed by atoms with E-state index in [4.69, 9.17) is 4.74 Å². The Morgan fingerprint density at radius 1 is 1.13 bits per heavy atom. The molecule has 0 radical (unpaired) electrons. The SMILES string of the molecule is COCCN(C)CCNC(=O)c1ccc(S(=O)(=O)N(C)C)cc1. The molecule has 130 valence electrons. The van der Waals surface area contributed by atoms with E-state index in [9.17, 15) is 13.2 Å². The summed E-state index contributed by atoms with van der Waals surface area (Å²) in [5, 5.41) is 2.81. The maximum absolute atomic E-state index is 12.0. The van der Waals surface area contributed by atoms with E-state index in [1.54, 1.807) is 7.11 Å². The molecule has 0 atom stereocenters. The molecule has 23 heavy (non-hydrogen) atoms. The van der Waals surface area contributed by atoms with Gasteiger partial charge in [0.15, 0.2) is 0 Å². The van der Waals surface area contributed by atoms with Gasteiger partial charge in [0.2, 0.25) is 10.0 Å². The fourth-order valence-electron chi connectivity index (χ4n) is 1.81. The number of rotatable bonds is 9. The van der Waals surface area contributed by atoms with Gasteiger partial charge < -0.3 is 15.0 Å². The number of hydrogen-bond acceptors (Lipinski definition) is 5. The lowest BCUT2D eigenvalue weighted by Gasteiger charge is -2.16. The lowest BCUT2D eigenvalue weighted by molar-refractivity contribution is 0.0947. The van der Waals surface area contributed by atoms with Crippen molar-refractivity contribution < 1.29 is 17.9 Å². The van der Waals surface area contributed by atoms with E-state index in [1.807, 2.05) is 7.05 Å². The van der Waals surface area contributed by atoms with Crippen molar-refractivity contribution in [1.29, 1.82) is 0 Å². The van der Waals surface area contributed by atoms with Crippen molar-refractivity contribution >= 4 is 15.9 Å². The minimum Gasteiger partial charge on any atom is -0.383 e. The molecule has 7 nitrogen and oxygen atoms in total. The highest BCUT2D eigenvalue weighted by Crippen LogP contribution is 2.13. The van der Waals surface area contributed by atoms with E-state index < -0.39 is 10.0 Å². The molecule has 0 heterocycles. The molecule has 1 amide bonds. The van der Waals surface area contributed by atoms with E-state index in [0.717, 1.165) is 10.8 Å². The Morgan fingerprint density at radius 3 is 2.26 bits per heavy atom. The van der Waals surface area contributed by atoms with Crippen molar-refractivity contribution in [2.75, 3.05) is 54.5 Å². The van der Waals surface area contributed by atoms with Crippen molar-refractivity contribution in [3.63, 3.8) is 0 Å². The summed E-state index contributed by atoms with van der Waals surface area (Å²) in [6, 6.07) is 5.91. The fourth-order valence-corrected chi connectivity index (χ4v) is 2.71. The van der Waals surface area contributed by atoms with Crippen molar-refractivity contribution in [3.05, 3.63) is 29.8 Å². The quantitative estimate of drug-likeness (QED) is 0.695. The first-order valence-corrected chi connectivity index (χ1v) is 8.71. The van der Waals surface area contributed by atoms with Crippen molar-refractivity contribution in [2.24, 2.45) is 0 Å². The molecule has 1 aromatic rings. The number of nitrogens with zero attached hydrogens (tertiary/aromatic N) is 2. The zero-order chi connectivity index (χ0) is 17.5. The van der Waals surface area contributed by atoms with Crippen LogP contribution in [0.3, 0.4) is 0 Å². The first kappa shape index (κ1) is 19.6. The predicted molar refractivity (Wildman–Crippen MR) is 89.0 cm³/mol. The number of methoxy groups -OCH3 is 1. The van der Waals surface area contributed by atoms with Crippen LogP contribution in [0.2, 0.25) is 0 Å². The summed E-state index contributed by atoms with van der Waals surface area (Å²) in [7, 11) is 3.06. The number of sulfonamides is 1. The monoisotopic (exact) mass is 343 g/mol. The van der Waals surface area contributed by atoms with Crippen LogP contribution in [0.15, 0.2) is 29.2 Å². The Morgan fingerprint density at radius 2 is 1.74 bits per heavy atom. The molecular weight excluding hydrogens is 318 g/mol. The second-order valence-corrected chi connectivity index (χ2v) is 7.52. The average molecular weight is 343 g/mol. The molecule has 0 aliphatic heterocycles. The highest BCUT2D eigenvalue weighted by Gasteiger charge is 2.17. The standard InChI is InChI=1S/C15H25N3O4S/c1-17(2)23(20,21)14-7-5-13(6-8-14)15(19)16-9-10-18(3)11-12-22-4/h5-8H,9-12H2,1-4H3,(H,16,19). The second kappa shape index (κ2) is 8.97. The van der Waals surface area contributed by atoms with Crippen LogP contribution in [0.4, 0.5) is 0 Å². The maximum atomic E-state index is 12.0. The minimum atomic E-state index is -3.47. The van der Waals surface area contributed by atoms with Gasteiger partial charge in [-0.05, 0) is 31.3 Å². The third-order valence-corrected chi connectivity index (χ3v) is 5.18. The highest BCUT2D eigenvalue weighted by molar-refractivity contribution is 7.89. The van der Waals surface area contributed by atoms with E-state index in [1.165, 1.54) is 38.4 Å². The molecule has 0 unspecified atom stereocenters. The topological polar surface area (TPSA) is 79.0 Å². The molecule has 0 saturated carbocycles. The number of likely N-dealkylation sites (N-methyl/N-ethyl adjacent to an activating group) is 1. The molecule has 1 N–H and O–H groups in total. The molecular formula is C15H25N3O4S. The fraction of sp³-hybridized carbons (Fsp3) is 0.533. The summed E-state index contributed by atoms with van der Waals surface area (Å²) < 4.78 is 30.0. The molecule has 1 rings (SSSR count). The maximum Gasteiger partial charge on any atom is 0.251 e. The van der Waals surface area contributed by atoms with Gasteiger partial charge in [-0.3, -0.25) is 4.79 Å². The molecule has 0 spiro atoms. The highest BCUT2D eigenvalue weighted by atomic mass is 32.2. The summed E-state index contributed by atoms with van der Waals surface area (Å²) in [4.78, 5) is 14.2. The van der Waals surface area contributed by atoms with Gasteiger partial charge in [-0.2, -0.15) is 0 Å². The molecule has 8 heteroatoms. The van der Waals surface area contributed by atoms with Gasteiger partial charge in [0.05, 0.1) is 11.5 Å². The normalized spacial score (nSPS) is 11.9. The largest absolute Gasteiger partial charge is 0.383 e. The first-order valence-electron chi connectivity index (χ1n) is 7.27. The summed E-state index contributed by atoms with van der Waals surface area (Å²) in [5.41, 5.74) is 0.433. The number of carbonyl (C=O) groups is 1. The average Bonchev–Trinajstić information content (AvgIpc) is 2.52. The molecule has 1 aromatic carbocycles. The van der Waals surface area contributed by atoms with Gasteiger partial charge in [0.25, 0.3) is 5.91 Å². The Kier molecular flexibility index (Phi) is 7.63. The Hall–Kier alpha value is -1.48. The van der Waals surface area contributed by atoms with Crippen LogP contribution in [-0.4, -0.2) is 78.0 Å². The lowest BCUT2D eigenvalue weighted by atomic mass is 10.2. The molecule has 0 aliphatic carbocycles.